The van der Waals surface area contributed by atoms with Crippen LogP contribution in [0.5, 0.6) is 0 Å². The Labute approximate surface area is 107 Å². The highest BCUT2D eigenvalue weighted by Gasteiger charge is 2.23. The van der Waals surface area contributed by atoms with Crippen LogP contribution < -0.4 is 5.73 Å². The fourth-order valence-corrected chi connectivity index (χ4v) is 2.90. The van der Waals surface area contributed by atoms with Gasteiger partial charge in [-0.25, -0.2) is 0 Å². The normalized spacial score (nSPS) is 24.5. The topological polar surface area (TPSA) is 32.5 Å². The summed E-state index contributed by atoms with van der Waals surface area (Å²) in [7, 11) is 4.39. The van der Waals surface area contributed by atoms with Gasteiger partial charge in [0, 0.05) is 19.1 Å². The molecule has 2 unspecified atom stereocenters. The van der Waals surface area contributed by atoms with Crippen molar-refractivity contribution in [2.24, 2.45) is 17.6 Å². The van der Waals surface area contributed by atoms with E-state index in [1.807, 2.05) is 0 Å². The lowest BCUT2D eigenvalue weighted by molar-refractivity contribution is 0.115. The molecule has 0 spiro atoms. The van der Waals surface area contributed by atoms with Crippen LogP contribution in [0.15, 0.2) is 0 Å². The van der Waals surface area contributed by atoms with Crippen LogP contribution in [0.1, 0.15) is 33.1 Å². The molecule has 2 N–H and O–H groups in total. The van der Waals surface area contributed by atoms with E-state index in [4.69, 9.17) is 5.73 Å². The number of likely N-dealkylation sites (N-methyl/N-ethyl adjacent to an activating group) is 1. The summed E-state index contributed by atoms with van der Waals surface area (Å²) in [6.45, 7) is 9.10. The summed E-state index contributed by atoms with van der Waals surface area (Å²) in [5, 5.41) is 0. The third-order valence-electron chi connectivity index (χ3n) is 3.87. The van der Waals surface area contributed by atoms with Crippen molar-refractivity contribution in [2.45, 2.75) is 39.2 Å². The van der Waals surface area contributed by atoms with E-state index < -0.39 is 0 Å². The molecule has 102 valence electrons. The molecular weight excluding hydrogens is 210 g/mol. The molecule has 1 aliphatic rings. The SMILES string of the molecule is CC(C)CC(CN)CN1CCCC(N(C)C)C1. The molecule has 2 atom stereocenters. The third-order valence-corrected chi connectivity index (χ3v) is 3.87. The van der Waals surface area contributed by atoms with Gasteiger partial charge in [0.2, 0.25) is 0 Å². The molecule has 1 heterocycles. The summed E-state index contributed by atoms with van der Waals surface area (Å²) >= 11 is 0. The molecule has 0 aromatic heterocycles. The number of nitrogens with zero attached hydrogens (tertiary/aromatic N) is 2. The highest BCUT2D eigenvalue weighted by molar-refractivity contribution is 4.79. The average molecular weight is 241 g/mol. The second-order valence-corrected chi connectivity index (χ2v) is 6.25. The van der Waals surface area contributed by atoms with Crippen molar-refractivity contribution >= 4 is 0 Å². The molecule has 0 amide bonds. The Morgan fingerprint density at radius 3 is 2.59 bits per heavy atom. The smallest absolute Gasteiger partial charge is 0.0217 e. The standard InChI is InChI=1S/C14H31N3/c1-12(2)8-13(9-15)10-17-7-5-6-14(11-17)16(3)4/h12-14H,5-11,15H2,1-4H3. The Morgan fingerprint density at radius 1 is 1.35 bits per heavy atom. The van der Waals surface area contributed by atoms with Crippen LogP contribution in [-0.2, 0) is 0 Å². The van der Waals surface area contributed by atoms with Crippen molar-refractivity contribution in [3.05, 3.63) is 0 Å². The van der Waals surface area contributed by atoms with E-state index in [2.05, 4.69) is 37.7 Å². The fraction of sp³-hybridized carbons (Fsp3) is 1.00. The first kappa shape index (κ1) is 14.9. The van der Waals surface area contributed by atoms with Gasteiger partial charge in [0.1, 0.15) is 0 Å². The monoisotopic (exact) mass is 241 g/mol. The number of hydrogen-bond acceptors (Lipinski definition) is 3. The van der Waals surface area contributed by atoms with Crippen LogP contribution >= 0.6 is 0 Å². The van der Waals surface area contributed by atoms with Crippen molar-refractivity contribution in [1.82, 2.24) is 9.80 Å². The van der Waals surface area contributed by atoms with Crippen molar-refractivity contribution in [1.29, 1.82) is 0 Å². The zero-order valence-electron chi connectivity index (χ0n) is 12.2. The second kappa shape index (κ2) is 7.34. The number of hydrogen-bond donors (Lipinski definition) is 1. The maximum absolute atomic E-state index is 5.90. The summed E-state index contributed by atoms with van der Waals surface area (Å²) in [5.74, 6) is 1.44. The Kier molecular flexibility index (Phi) is 6.45. The maximum atomic E-state index is 5.90. The predicted octanol–water partition coefficient (Wildman–Crippen LogP) is 1.63. The van der Waals surface area contributed by atoms with E-state index in [0.717, 1.165) is 18.5 Å². The van der Waals surface area contributed by atoms with E-state index in [1.165, 1.54) is 38.9 Å². The molecule has 0 aromatic rings. The van der Waals surface area contributed by atoms with Crippen molar-refractivity contribution in [3.8, 4) is 0 Å². The third kappa shape index (κ3) is 5.36. The Balaban J connectivity index is 2.38. The van der Waals surface area contributed by atoms with E-state index in [0.29, 0.717) is 5.92 Å². The quantitative estimate of drug-likeness (QED) is 0.767. The Morgan fingerprint density at radius 2 is 2.06 bits per heavy atom. The van der Waals surface area contributed by atoms with E-state index >= 15 is 0 Å². The van der Waals surface area contributed by atoms with Crippen molar-refractivity contribution in [2.75, 3.05) is 40.3 Å². The minimum atomic E-state index is 0.677. The van der Waals surface area contributed by atoms with Gasteiger partial charge in [0.15, 0.2) is 0 Å². The summed E-state index contributed by atoms with van der Waals surface area (Å²) in [6.07, 6.45) is 3.95. The van der Waals surface area contributed by atoms with Crippen LogP contribution in [0.3, 0.4) is 0 Å². The van der Waals surface area contributed by atoms with Crippen LogP contribution in [0.4, 0.5) is 0 Å². The van der Waals surface area contributed by atoms with Crippen LogP contribution in [0, 0.1) is 11.8 Å². The van der Waals surface area contributed by atoms with Gasteiger partial charge in [0.05, 0.1) is 0 Å². The summed E-state index contributed by atoms with van der Waals surface area (Å²) < 4.78 is 0. The highest BCUT2D eigenvalue weighted by Crippen LogP contribution is 2.18. The van der Waals surface area contributed by atoms with E-state index in [9.17, 15) is 0 Å². The lowest BCUT2D eigenvalue weighted by atomic mass is 9.95. The van der Waals surface area contributed by atoms with Crippen molar-refractivity contribution in [3.63, 3.8) is 0 Å². The average Bonchev–Trinajstić information content (AvgIpc) is 2.28. The van der Waals surface area contributed by atoms with Gasteiger partial charge < -0.3 is 15.5 Å². The number of likely N-dealkylation sites (tertiary alicyclic amines) is 1. The molecule has 0 aromatic carbocycles. The lowest BCUT2D eigenvalue weighted by Crippen LogP contribution is -2.47. The first-order valence-electron chi connectivity index (χ1n) is 7.11. The lowest BCUT2D eigenvalue weighted by Gasteiger charge is -2.37. The van der Waals surface area contributed by atoms with Gasteiger partial charge in [-0.3, -0.25) is 0 Å². The zero-order chi connectivity index (χ0) is 12.8. The van der Waals surface area contributed by atoms with E-state index in [1.54, 1.807) is 0 Å². The van der Waals surface area contributed by atoms with Gasteiger partial charge >= 0.3 is 0 Å². The van der Waals surface area contributed by atoms with Crippen LogP contribution in [0.2, 0.25) is 0 Å². The zero-order valence-corrected chi connectivity index (χ0v) is 12.2. The first-order valence-corrected chi connectivity index (χ1v) is 7.11. The molecule has 0 aliphatic carbocycles. The van der Waals surface area contributed by atoms with Gasteiger partial charge in [0.25, 0.3) is 0 Å². The molecule has 1 fully saturated rings. The first-order chi connectivity index (χ1) is 8.02. The minimum absolute atomic E-state index is 0.677. The molecule has 3 heteroatoms. The minimum Gasteiger partial charge on any atom is -0.330 e. The summed E-state index contributed by atoms with van der Waals surface area (Å²) in [6, 6.07) is 0.737. The van der Waals surface area contributed by atoms with Gasteiger partial charge in [-0.05, 0) is 58.3 Å². The maximum Gasteiger partial charge on any atom is 0.0217 e. The second-order valence-electron chi connectivity index (χ2n) is 6.25. The molecule has 0 saturated carbocycles. The Hall–Kier alpha value is -0.120. The van der Waals surface area contributed by atoms with Crippen LogP contribution in [0.25, 0.3) is 0 Å². The molecule has 0 bridgehead atoms. The van der Waals surface area contributed by atoms with Gasteiger partial charge in [-0.1, -0.05) is 13.8 Å². The number of piperidine rings is 1. The number of nitrogens with two attached hydrogens (primary N) is 1. The molecule has 1 aliphatic heterocycles. The summed E-state index contributed by atoms with van der Waals surface area (Å²) in [4.78, 5) is 4.99. The molecule has 3 nitrogen and oxygen atoms in total. The molecule has 1 rings (SSSR count). The molecule has 0 radical (unpaired) electrons. The van der Waals surface area contributed by atoms with Gasteiger partial charge in [-0.15, -0.1) is 0 Å². The van der Waals surface area contributed by atoms with E-state index in [-0.39, 0.29) is 0 Å². The largest absolute Gasteiger partial charge is 0.330 e. The predicted molar refractivity (Wildman–Crippen MR) is 75.1 cm³/mol. The number of rotatable bonds is 6. The molecular formula is C14H31N3. The molecule has 1 saturated heterocycles. The van der Waals surface area contributed by atoms with Crippen LogP contribution in [-0.4, -0.2) is 56.1 Å². The molecule has 17 heavy (non-hydrogen) atoms. The highest BCUT2D eigenvalue weighted by atomic mass is 15.2. The van der Waals surface area contributed by atoms with Gasteiger partial charge in [-0.2, -0.15) is 0 Å². The fourth-order valence-electron chi connectivity index (χ4n) is 2.90. The summed E-state index contributed by atoms with van der Waals surface area (Å²) in [5.41, 5.74) is 5.90. The van der Waals surface area contributed by atoms with Crippen molar-refractivity contribution < 1.29 is 0 Å². The Bertz CT molecular complexity index is 204.